The molecular formula is C5H21B. The van der Waals surface area contributed by atoms with Crippen LogP contribution in [0.1, 0.15) is 37.1 Å². The number of hydrogen-bond acceptors (Lipinski definition) is 0. The predicted molar refractivity (Wildman–Crippen MR) is 40.8 cm³/mol. The van der Waals surface area contributed by atoms with Crippen molar-refractivity contribution < 1.29 is 0 Å². The summed E-state index contributed by atoms with van der Waals surface area (Å²) in [6.07, 6.45) is 0. The second kappa shape index (κ2) is 19800. The molecule has 0 nitrogen and oxygen atoms in total. The summed E-state index contributed by atoms with van der Waals surface area (Å²) in [7, 11) is 0. The summed E-state index contributed by atoms with van der Waals surface area (Å²) in [5.41, 5.74) is 0. The van der Waals surface area contributed by atoms with E-state index in [2.05, 4.69) is 0 Å². The average molecular weight is 92.0 g/mol. The van der Waals surface area contributed by atoms with Gasteiger partial charge in [0.05, 0.1) is 0 Å². The van der Waals surface area contributed by atoms with Gasteiger partial charge in [0.1, 0.15) is 0 Å². The zero-order chi connectivity index (χ0) is 0. The molecule has 0 aromatic carbocycles. The molecule has 0 fully saturated rings. The van der Waals surface area contributed by atoms with Crippen LogP contribution in [-0.2, 0) is 0 Å². The Morgan fingerprint density at radius 1 is 0.333 bits per heavy atom. The molecule has 0 atom stereocenters. The van der Waals surface area contributed by atoms with E-state index in [0.717, 1.165) is 0 Å². The molecule has 0 amide bonds. The van der Waals surface area contributed by atoms with Crippen molar-refractivity contribution in [3.63, 3.8) is 0 Å². The molecule has 0 aromatic rings. The maximum absolute atomic E-state index is 0. The Kier molecular flexibility index (Phi) is 122000000. The third-order valence-corrected chi connectivity index (χ3v) is 0. The van der Waals surface area contributed by atoms with Crippen LogP contribution in [0, 0.1) is 0 Å². The van der Waals surface area contributed by atoms with Crippen molar-refractivity contribution in [3.8, 4) is 0 Å². The van der Waals surface area contributed by atoms with Gasteiger partial charge in [0.25, 0.3) is 0 Å². The molecule has 0 heterocycles. The second-order valence-electron chi connectivity index (χ2n) is 0. The molecular weight excluding hydrogens is 70.9 g/mol. The van der Waals surface area contributed by atoms with E-state index in [1.807, 2.05) is 0 Å². The fourth-order valence-corrected chi connectivity index (χ4v) is 0. The van der Waals surface area contributed by atoms with E-state index in [4.69, 9.17) is 0 Å². The summed E-state index contributed by atoms with van der Waals surface area (Å²) >= 11 is 0. The van der Waals surface area contributed by atoms with Crippen LogP contribution in [0.3, 0.4) is 0 Å². The van der Waals surface area contributed by atoms with Crippen molar-refractivity contribution >= 4 is 8.41 Å². The van der Waals surface area contributed by atoms with Gasteiger partial charge in [0.2, 0.25) is 0 Å². The Morgan fingerprint density at radius 2 is 0.333 bits per heavy atom. The second-order valence-corrected chi connectivity index (χ2v) is 0. The molecule has 0 N–H and O–H groups in total. The first-order valence-electron chi connectivity index (χ1n) is 0. The summed E-state index contributed by atoms with van der Waals surface area (Å²) in [4.78, 5) is 0. The molecule has 44 valence electrons. The SMILES string of the molecule is C.C.C.C.C.[BH]. The van der Waals surface area contributed by atoms with Crippen molar-refractivity contribution in [3.05, 3.63) is 0 Å². The van der Waals surface area contributed by atoms with Crippen LogP contribution in [0.2, 0.25) is 0 Å². The zero-order valence-electron chi connectivity index (χ0n) is 0.707. The topological polar surface area (TPSA) is 0 Å². The molecule has 0 rings (SSSR count). The minimum Gasteiger partial charge on any atom is -0.0776 e. The van der Waals surface area contributed by atoms with Gasteiger partial charge in [-0.25, -0.2) is 0 Å². The van der Waals surface area contributed by atoms with Gasteiger partial charge in [-0.3, -0.25) is 0 Å². The fourth-order valence-electron chi connectivity index (χ4n) is 0. The average Bonchev–Trinajstić information content (AvgIpc) is 0. The summed E-state index contributed by atoms with van der Waals surface area (Å²) < 4.78 is 0. The van der Waals surface area contributed by atoms with Gasteiger partial charge in [-0.05, 0) is 0 Å². The third-order valence-electron chi connectivity index (χ3n) is 0. The van der Waals surface area contributed by atoms with Gasteiger partial charge in [-0.1, -0.05) is 37.1 Å². The lowest BCUT2D eigenvalue weighted by molar-refractivity contribution is 2.50. The molecule has 0 aliphatic carbocycles. The summed E-state index contributed by atoms with van der Waals surface area (Å²) in [6, 6.07) is 0. The Balaban J connectivity index is 0. The van der Waals surface area contributed by atoms with Crippen LogP contribution < -0.4 is 0 Å². The van der Waals surface area contributed by atoms with Gasteiger partial charge in [0.15, 0.2) is 0 Å². The lowest BCUT2D eigenvalue weighted by Crippen LogP contribution is -0.381. The van der Waals surface area contributed by atoms with Gasteiger partial charge in [0, 0.05) is 8.41 Å². The fraction of sp³-hybridized carbons (Fsp3) is 1.00. The largest absolute Gasteiger partial charge is 0.0776 e. The van der Waals surface area contributed by atoms with Crippen molar-refractivity contribution in [2.24, 2.45) is 0 Å². The highest BCUT2D eigenvalue weighted by Gasteiger charge is 0.0380. The summed E-state index contributed by atoms with van der Waals surface area (Å²) in [6.45, 7) is 0. The molecule has 0 bridgehead atoms. The van der Waals surface area contributed by atoms with E-state index in [1.54, 1.807) is 0 Å². The first-order valence-corrected chi connectivity index (χ1v) is 0. The van der Waals surface area contributed by atoms with Crippen LogP contribution in [0.4, 0.5) is 0 Å². The van der Waals surface area contributed by atoms with Gasteiger partial charge >= 0.3 is 0 Å². The van der Waals surface area contributed by atoms with Gasteiger partial charge in [-0.15, -0.1) is 0 Å². The highest BCUT2D eigenvalue weighted by molar-refractivity contribution is 5.75. The molecule has 0 saturated heterocycles. The first-order chi connectivity index (χ1) is 0. The normalized spacial score (nSPS) is 0. The van der Waals surface area contributed by atoms with Crippen LogP contribution in [0.15, 0.2) is 0 Å². The third kappa shape index (κ3) is 9060. The van der Waals surface area contributed by atoms with Crippen molar-refractivity contribution in [2.75, 3.05) is 0 Å². The number of rotatable bonds is 0. The van der Waals surface area contributed by atoms with Crippen molar-refractivity contribution in [2.45, 2.75) is 37.1 Å². The van der Waals surface area contributed by atoms with Crippen LogP contribution in [-0.4, -0.2) is 8.41 Å². The van der Waals surface area contributed by atoms with E-state index >= 15 is 0 Å². The zero-order valence-corrected chi connectivity index (χ0v) is 0.707. The predicted octanol–water partition coefficient (Wildman–Crippen LogP) is 2.53. The number of hydrogen-bond donors (Lipinski definition) is 0. The van der Waals surface area contributed by atoms with E-state index in [1.165, 1.54) is 0 Å². The Bertz CT molecular complexity index is 3.90. The summed E-state index contributed by atoms with van der Waals surface area (Å²) in [5, 5.41) is 0. The van der Waals surface area contributed by atoms with Crippen LogP contribution in [0.5, 0.6) is 0 Å². The van der Waals surface area contributed by atoms with Crippen molar-refractivity contribution in [1.29, 1.82) is 0 Å². The summed E-state index contributed by atoms with van der Waals surface area (Å²) in [5.74, 6) is 0. The Labute approximate surface area is 46.5 Å². The lowest BCUT2D eigenvalue weighted by Gasteiger charge is -0.0786. The maximum atomic E-state index is 0. The van der Waals surface area contributed by atoms with E-state index in [0.29, 0.717) is 0 Å². The Hall–Kier alpha value is 0.0649. The standard InChI is InChI=1S/5CH4.BH/h5*1H4;1H. The maximum Gasteiger partial charge on any atom is 0.0379 e. The lowest BCUT2D eigenvalue weighted by atomic mass is 10.8. The monoisotopic (exact) mass is 92.2 g/mol. The molecule has 0 unspecified atom stereocenters. The Morgan fingerprint density at radius 3 is 0.333 bits per heavy atom. The quantitative estimate of drug-likeness (QED) is 0.403. The molecule has 0 aliphatic rings. The molecule has 0 saturated carbocycles. The highest BCUT2D eigenvalue weighted by atomic mass is 12.0. The van der Waals surface area contributed by atoms with Gasteiger partial charge < -0.3 is 0 Å². The highest BCUT2D eigenvalue weighted by Crippen LogP contribution is 0.148. The van der Waals surface area contributed by atoms with E-state index in [-0.39, 0.29) is 45.5 Å². The molecule has 6 heavy (non-hydrogen) atoms. The molecule has 2 radical (unpaired) electrons. The molecule has 0 aromatic heterocycles. The minimum atomic E-state index is 0. The molecule has 0 aliphatic heterocycles. The van der Waals surface area contributed by atoms with Crippen LogP contribution >= 0.6 is 0 Å². The van der Waals surface area contributed by atoms with Gasteiger partial charge in [-0.2, -0.15) is 0 Å². The molecule has 0 spiro atoms. The van der Waals surface area contributed by atoms with Crippen molar-refractivity contribution in [1.82, 2.24) is 0 Å². The smallest absolute Gasteiger partial charge is 0.0379 e. The van der Waals surface area contributed by atoms with Crippen LogP contribution in [0.25, 0.3) is 0 Å². The first kappa shape index (κ1) is 36900. The van der Waals surface area contributed by atoms with E-state index in [9.17, 15) is 0 Å². The van der Waals surface area contributed by atoms with E-state index < -0.39 is 0 Å². The molecule has 1 heteroatoms. The minimum absolute atomic E-state index is 0.